The van der Waals surface area contributed by atoms with E-state index in [1.165, 1.54) is 0 Å². The molecule has 1 heterocycles. The Balaban J connectivity index is 1.81. The van der Waals surface area contributed by atoms with E-state index < -0.39 is 0 Å². The molecule has 122 valence electrons. The lowest BCUT2D eigenvalue weighted by atomic mass is 10.2. The summed E-state index contributed by atoms with van der Waals surface area (Å²) in [4.78, 5) is 16.6. The summed E-state index contributed by atoms with van der Waals surface area (Å²) in [6.07, 6.45) is 1.68. The molecule has 0 aliphatic rings. The van der Waals surface area contributed by atoms with Crippen molar-refractivity contribution in [2.45, 2.75) is 0 Å². The van der Waals surface area contributed by atoms with E-state index >= 15 is 0 Å². The molecular formula is C18H17N3O3. The second-order valence-corrected chi connectivity index (χ2v) is 5.06. The summed E-state index contributed by atoms with van der Waals surface area (Å²) in [5, 5.41) is 6.47. The molecule has 0 radical (unpaired) electrons. The Hall–Kier alpha value is -3.28. The molecule has 0 spiro atoms. The average Bonchev–Trinajstić information content (AvgIpc) is 2.62. The van der Waals surface area contributed by atoms with Crippen molar-refractivity contribution in [2.75, 3.05) is 24.9 Å². The lowest BCUT2D eigenvalue weighted by molar-refractivity contribution is 0.262. The fraction of sp³-hybridized carbons (Fsp3) is 0.111. The number of rotatable bonds is 4. The van der Waals surface area contributed by atoms with Crippen LogP contribution in [-0.2, 0) is 0 Å². The van der Waals surface area contributed by atoms with Crippen LogP contribution >= 0.6 is 0 Å². The molecular weight excluding hydrogens is 306 g/mol. The fourth-order valence-electron chi connectivity index (χ4n) is 2.34. The summed E-state index contributed by atoms with van der Waals surface area (Å²) < 4.78 is 10.4. The minimum Gasteiger partial charge on any atom is -0.497 e. The van der Waals surface area contributed by atoms with Gasteiger partial charge in [-0.25, -0.2) is 4.79 Å². The monoisotopic (exact) mass is 323 g/mol. The Bertz CT molecular complexity index is 863. The first-order valence-corrected chi connectivity index (χ1v) is 7.34. The standard InChI is InChI=1S/C18H17N3O3/c1-23-14-7-5-13(6-8-14)20-18(22)21-16-11-15(24-2)10-12-4-3-9-19-17(12)16/h3-11H,1-2H3,(H2,20,21,22). The van der Waals surface area contributed by atoms with Crippen LogP contribution in [-0.4, -0.2) is 25.2 Å². The van der Waals surface area contributed by atoms with Gasteiger partial charge in [-0.2, -0.15) is 0 Å². The number of amides is 2. The molecule has 24 heavy (non-hydrogen) atoms. The highest BCUT2D eigenvalue weighted by Gasteiger charge is 2.09. The molecule has 0 fully saturated rings. The van der Waals surface area contributed by atoms with Gasteiger partial charge < -0.3 is 20.1 Å². The molecule has 0 aliphatic carbocycles. The first kappa shape index (κ1) is 15.6. The zero-order chi connectivity index (χ0) is 16.9. The average molecular weight is 323 g/mol. The second kappa shape index (κ2) is 6.87. The summed E-state index contributed by atoms with van der Waals surface area (Å²) in [7, 11) is 3.18. The third kappa shape index (κ3) is 3.38. The predicted molar refractivity (Wildman–Crippen MR) is 93.9 cm³/mol. The van der Waals surface area contributed by atoms with Gasteiger partial charge in [-0.05, 0) is 36.4 Å². The molecule has 2 N–H and O–H groups in total. The number of pyridine rings is 1. The lowest BCUT2D eigenvalue weighted by Crippen LogP contribution is -2.19. The van der Waals surface area contributed by atoms with E-state index in [1.807, 2.05) is 18.2 Å². The smallest absolute Gasteiger partial charge is 0.323 e. The van der Waals surface area contributed by atoms with Gasteiger partial charge in [0.15, 0.2) is 0 Å². The van der Waals surface area contributed by atoms with Gasteiger partial charge in [0.1, 0.15) is 11.5 Å². The highest BCUT2D eigenvalue weighted by Crippen LogP contribution is 2.27. The Morgan fingerprint density at radius 1 is 0.958 bits per heavy atom. The normalized spacial score (nSPS) is 10.2. The summed E-state index contributed by atoms with van der Waals surface area (Å²) in [6, 6.07) is 14.1. The highest BCUT2D eigenvalue weighted by molar-refractivity contribution is 6.05. The molecule has 6 heteroatoms. The topological polar surface area (TPSA) is 72.5 Å². The van der Waals surface area contributed by atoms with E-state index in [1.54, 1.807) is 50.7 Å². The summed E-state index contributed by atoms with van der Waals surface area (Å²) in [5.74, 6) is 1.37. The van der Waals surface area contributed by atoms with Crippen molar-refractivity contribution in [2.24, 2.45) is 0 Å². The highest BCUT2D eigenvalue weighted by atomic mass is 16.5. The van der Waals surface area contributed by atoms with Crippen LogP contribution in [0, 0.1) is 0 Å². The molecule has 0 unspecified atom stereocenters. The number of methoxy groups -OCH3 is 2. The second-order valence-electron chi connectivity index (χ2n) is 5.06. The molecule has 6 nitrogen and oxygen atoms in total. The number of anilines is 2. The molecule has 2 amide bonds. The third-order valence-electron chi connectivity index (χ3n) is 3.51. The van der Waals surface area contributed by atoms with Crippen LogP contribution in [0.3, 0.4) is 0 Å². The quantitative estimate of drug-likeness (QED) is 0.764. The van der Waals surface area contributed by atoms with Gasteiger partial charge in [0.05, 0.1) is 25.4 Å². The molecule has 0 aliphatic heterocycles. The maximum Gasteiger partial charge on any atom is 0.323 e. The predicted octanol–water partition coefficient (Wildman–Crippen LogP) is 3.90. The van der Waals surface area contributed by atoms with Crippen molar-refractivity contribution in [1.82, 2.24) is 4.98 Å². The number of nitrogens with zero attached hydrogens (tertiary/aromatic N) is 1. The van der Waals surface area contributed by atoms with Crippen LogP contribution < -0.4 is 20.1 Å². The largest absolute Gasteiger partial charge is 0.497 e. The number of hydrogen-bond donors (Lipinski definition) is 2. The van der Waals surface area contributed by atoms with Crippen LogP contribution in [0.1, 0.15) is 0 Å². The Morgan fingerprint density at radius 2 is 1.71 bits per heavy atom. The summed E-state index contributed by atoms with van der Waals surface area (Å²) in [5.41, 5.74) is 1.94. The molecule has 0 saturated carbocycles. The number of aromatic nitrogens is 1. The van der Waals surface area contributed by atoms with Gasteiger partial charge >= 0.3 is 6.03 Å². The molecule has 0 bridgehead atoms. The van der Waals surface area contributed by atoms with E-state index in [4.69, 9.17) is 9.47 Å². The Morgan fingerprint density at radius 3 is 2.42 bits per heavy atom. The maximum absolute atomic E-state index is 12.3. The first-order chi connectivity index (χ1) is 11.7. The number of urea groups is 1. The molecule has 1 aromatic heterocycles. The Kier molecular flexibility index (Phi) is 4.47. The summed E-state index contributed by atoms with van der Waals surface area (Å²) >= 11 is 0. The zero-order valence-electron chi connectivity index (χ0n) is 13.4. The van der Waals surface area contributed by atoms with Gasteiger partial charge in [-0.1, -0.05) is 6.07 Å². The van der Waals surface area contributed by atoms with E-state index in [0.717, 1.165) is 11.1 Å². The SMILES string of the molecule is COc1ccc(NC(=O)Nc2cc(OC)cc3cccnc23)cc1. The molecule has 2 aromatic carbocycles. The van der Waals surface area contributed by atoms with Crippen LogP contribution in [0.2, 0.25) is 0 Å². The fourth-order valence-corrected chi connectivity index (χ4v) is 2.34. The van der Waals surface area contributed by atoms with Gasteiger partial charge in [-0.15, -0.1) is 0 Å². The zero-order valence-corrected chi connectivity index (χ0v) is 13.4. The maximum atomic E-state index is 12.3. The van der Waals surface area contributed by atoms with Gasteiger partial charge in [-0.3, -0.25) is 4.98 Å². The van der Waals surface area contributed by atoms with Crippen LogP contribution in [0.5, 0.6) is 11.5 Å². The van der Waals surface area contributed by atoms with Crippen LogP contribution in [0.15, 0.2) is 54.7 Å². The first-order valence-electron chi connectivity index (χ1n) is 7.34. The van der Waals surface area contributed by atoms with Crippen molar-refractivity contribution in [3.05, 3.63) is 54.7 Å². The number of nitrogens with one attached hydrogen (secondary N) is 2. The number of fused-ring (bicyclic) bond motifs is 1. The number of hydrogen-bond acceptors (Lipinski definition) is 4. The van der Waals surface area contributed by atoms with Crippen molar-refractivity contribution >= 4 is 28.3 Å². The van der Waals surface area contributed by atoms with Crippen molar-refractivity contribution in [3.63, 3.8) is 0 Å². The summed E-state index contributed by atoms with van der Waals surface area (Å²) in [6.45, 7) is 0. The molecule has 3 rings (SSSR count). The molecule has 0 atom stereocenters. The van der Waals surface area contributed by atoms with Crippen molar-refractivity contribution < 1.29 is 14.3 Å². The van der Waals surface area contributed by atoms with E-state index in [0.29, 0.717) is 22.6 Å². The lowest BCUT2D eigenvalue weighted by Gasteiger charge is -2.11. The van der Waals surface area contributed by atoms with Crippen molar-refractivity contribution in [1.29, 1.82) is 0 Å². The molecule has 3 aromatic rings. The number of benzene rings is 2. The minimum absolute atomic E-state index is 0.361. The van der Waals surface area contributed by atoms with Gasteiger partial charge in [0.2, 0.25) is 0 Å². The van der Waals surface area contributed by atoms with Crippen molar-refractivity contribution in [3.8, 4) is 11.5 Å². The number of ether oxygens (including phenoxy) is 2. The number of carbonyl (C=O) groups is 1. The van der Waals surface area contributed by atoms with E-state index in [-0.39, 0.29) is 6.03 Å². The van der Waals surface area contributed by atoms with E-state index in [9.17, 15) is 4.79 Å². The van der Waals surface area contributed by atoms with Crippen LogP contribution in [0.25, 0.3) is 10.9 Å². The van der Waals surface area contributed by atoms with Crippen LogP contribution in [0.4, 0.5) is 16.2 Å². The van der Waals surface area contributed by atoms with Gasteiger partial charge in [0, 0.05) is 23.3 Å². The minimum atomic E-state index is -0.361. The van der Waals surface area contributed by atoms with E-state index in [2.05, 4.69) is 15.6 Å². The molecule has 0 saturated heterocycles. The third-order valence-corrected chi connectivity index (χ3v) is 3.51. The number of carbonyl (C=O) groups excluding carboxylic acids is 1. The Labute approximate surface area is 139 Å². The van der Waals surface area contributed by atoms with Gasteiger partial charge in [0.25, 0.3) is 0 Å².